The van der Waals surface area contributed by atoms with Gasteiger partial charge in [0.25, 0.3) is 0 Å². The monoisotopic (exact) mass is 173 g/mol. The van der Waals surface area contributed by atoms with Crippen LogP contribution in [0, 0.1) is 0 Å². The van der Waals surface area contributed by atoms with Gasteiger partial charge in [-0.05, 0) is 26.9 Å². The highest BCUT2D eigenvalue weighted by Crippen LogP contribution is 2.07. The standard InChI is InChI=1S/C9H19NO2/c1-5-8(10(2)3)6-7-9(11)12-4/h8H,5-7H2,1-4H3. The highest BCUT2D eigenvalue weighted by atomic mass is 16.5. The molecule has 3 heteroatoms. The predicted octanol–water partition coefficient (Wildman–Crippen LogP) is 1.28. The minimum absolute atomic E-state index is 0.115. The summed E-state index contributed by atoms with van der Waals surface area (Å²) in [5.74, 6) is -0.115. The first-order valence-corrected chi connectivity index (χ1v) is 4.35. The molecule has 0 saturated heterocycles. The van der Waals surface area contributed by atoms with Crippen LogP contribution < -0.4 is 0 Å². The van der Waals surface area contributed by atoms with Crippen LogP contribution in [0.3, 0.4) is 0 Å². The van der Waals surface area contributed by atoms with Gasteiger partial charge in [0.1, 0.15) is 0 Å². The van der Waals surface area contributed by atoms with E-state index in [1.807, 2.05) is 14.1 Å². The van der Waals surface area contributed by atoms with Crippen LogP contribution in [-0.4, -0.2) is 38.1 Å². The third-order valence-electron chi connectivity index (χ3n) is 2.11. The summed E-state index contributed by atoms with van der Waals surface area (Å²) in [7, 11) is 5.50. The molecule has 0 aliphatic rings. The van der Waals surface area contributed by atoms with E-state index in [2.05, 4.69) is 16.6 Å². The maximum atomic E-state index is 10.8. The summed E-state index contributed by atoms with van der Waals surface area (Å²) in [6, 6.07) is 0.490. The Kier molecular flexibility index (Phi) is 5.72. The van der Waals surface area contributed by atoms with E-state index in [0.29, 0.717) is 12.5 Å². The van der Waals surface area contributed by atoms with E-state index in [-0.39, 0.29) is 5.97 Å². The molecule has 0 aromatic carbocycles. The number of carbonyl (C=O) groups excluding carboxylic acids is 1. The summed E-state index contributed by atoms with van der Waals surface area (Å²) in [5.41, 5.74) is 0. The fraction of sp³-hybridized carbons (Fsp3) is 0.889. The van der Waals surface area contributed by atoms with Crippen LogP contribution >= 0.6 is 0 Å². The average molecular weight is 173 g/mol. The van der Waals surface area contributed by atoms with E-state index in [9.17, 15) is 4.79 Å². The van der Waals surface area contributed by atoms with Crippen molar-refractivity contribution in [1.82, 2.24) is 4.90 Å². The molecule has 1 atom stereocenters. The molecule has 0 aromatic heterocycles. The van der Waals surface area contributed by atoms with E-state index in [1.165, 1.54) is 7.11 Å². The van der Waals surface area contributed by atoms with Gasteiger partial charge in [-0.2, -0.15) is 0 Å². The Hall–Kier alpha value is -0.570. The Morgan fingerprint density at radius 2 is 2.08 bits per heavy atom. The van der Waals surface area contributed by atoms with Crippen molar-refractivity contribution in [3.63, 3.8) is 0 Å². The lowest BCUT2D eigenvalue weighted by molar-refractivity contribution is -0.141. The zero-order valence-electron chi connectivity index (χ0n) is 8.46. The van der Waals surface area contributed by atoms with Gasteiger partial charge < -0.3 is 9.64 Å². The third-order valence-corrected chi connectivity index (χ3v) is 2.11. The maximum absolute atomic E-state index is 10.8. The van der Waals surface area contributed by atoms with Crippen LogP contribution in [0.2, 0.25) is 0 Å². The quantitative estimate of drug-likeness (QED) is 0.586. The van der Waals surface area contributed by atoms with Crippen LogP contribution in [0.4, 0.5) is 0 Å². The van der Waals surface area contributed by atoms with Gasteiger partial charge >= 0.3 is 5.97 Å². The molecule has 0 aliphatic carbocycles. The van der Waals surface area contributed by atoms with Gasteiger partial charge in [0, 0.05) is 12.5 Å². The number of carbonyl (C=O) groups is 1. The Labute approximate surface area is 74.7 Å². The molecule has 0 bridgehead atoms. The maximum Gasteiger partial charge on any atom is 0.305 e. The second kappa shape index (κ2) is 6.00. The van der Waals surface area contributed by atoms with Gasteiger partial charge in [0.2, 0.25) is 0 Å². The Morgan fingerprint density at radius 1 is 1.50 bits per heavy atom. The highest BCUT2D eigenvalue weighted by Gasteiger charge is 2.10. The van der Waals surface area contributed by atoms with Crippen LogP contribution in [0.1, 0.15) is 26.2 Å². The number of ether oxygens (including phenoxy) is 1. The van der Waals surface area contributed by atoms with Crippen LogP contribution in [0.5, 0.6) is 0 Å². The molecule has 0 rings (SSSR count). The van der Waals surface area contributed by atoms with Crippen LogP contribution in [-0.2, 0) is 9.53 Å². The van der Waals surface area contributed by atoms with Gasteiger partial charge in [0.15, 0.2) is 0 Å². The van der Waals surface area contributed by atoms with E-state index >= 15 is 0 Å². The van der Waals surface area contributed by atoms with Gasteiger partial charge in [-0.15, -0.1) is 0 Å². The number of hydrogen-bond acceptors (Lipinski definition) is 3. The van der Waals surface area contributed by atoms with Crippen molar-refractivity contribution in [3.05, 3.63) is 0 Å². The molecule has 12 heavy (non-hydrogen) atoms. The number of rotatable bonds is 5. The van der Waals surface area contributed by atoms with Crippen LogP contribution in [0.15, 0.2) is 0 Å². The second-order valence-electron chi connectivity index (χ2n) is 3.14. The lowest BCUT2D eigenvalue weighted by Crippen LogP contribution is -2.27. The topological polar surface area (TPSA) is 29.5 Å². The molecule has 0 spiro atoms. The Balaban J connectivity index is 3.65. The predicted molar refractivity (Wildman–Crippen MR) is 49.0 cm³/mol. The lowest BCUT2D eigenvalue weighted by Gasteiger charge is -2.21. The first kappa shape index (κ1) is 11.4. The molecule has 72 valence electrons. The molecule has 0 heterocycles. The van der Waals surface area contributed by atoms with Crippen molar-refractivity contribution in [2.24, 2.45) is 0 Å². The van der Waals surface area contributed by atoms with Crippen molar-refractivity contribution >= 4 is 5.97 Å². The average Bonchev–Trinajstić information content (AvgIpc) is 2.04. The minimum Gasteiger partial charge on any atom is -0.469 e. The first-order valence-electron chi connectivity index (χ1n) is 4.35. The minimum atomic E-state index is -0.115. The van der Waals surface area contributed by atoms with E-state index in [0.717, 1.165) is 12.8 Å². The van der Waals surface area contributed by atoms with E-state index in [1.54, 1.807) is 0 Å². The summed E-state index contributed by atoms with van der Waals surface area (Å²) in [5, 5.41) is 0. The smallest absolute Gasteiger partial charge is 0.305 e. The second-order valence-corrected chi connectivity index (χ2v) is 3.14. The number of esters is 1. The van der Waals surface area contributed by atoms with Crippen molar-refractivity contribution < 1.29 is 9.53 Å². The van der Waals surface area contributed by atoms with Gasteiger partial charge in [0.05, 0.1) is 7.11 Å². The summed E-state index contributed by atoms with van der Waals surface area (Å²) >= 11 is 0. The largest absolute Gasteiger partial charge is 0.469 e. The van der Waals surface area contributed by atoms with Crippen LogP contribution in [0.25, 0.3) is 0 Å². The molecular formula is C9H19NO2. The molecule has 0 N–H and O–H groups in total. The fourth-order valence-electron chi connectivity index (χ4n) is 1.21. The molecule has 0 aliphatic heterocycles. The molecule has 0 aromatic rings. The van der Waals surface area contributed by atoms with E-state index < -0.39 is 0 Å². The van der Waals surface area contributed by atoms with Crippen molar-refractivity contribution in [3.8, 4) is 0 Å². The summed E-state index contributed by atoms with van der Waals surface area (Å²) in [6.45, 7) is 2.13. The van der Waals surface area contributed by atoms with Crippen molar-refractivity contribution in [2.75, 3.05) is 21.2 Å². The summed E-state index contributed by atoms with van der Waals surface area (Å²) in [6.07, 6.45) is 2.48. The fourth-order valence-corrected chi connectivity index (χ4v) is 1.21. The SMILES string of the molecule is CCC(CCC(=O)OC)N(C)C. The number of nitrogens with zero attached hydrogens (tertiary/aromatic N) is 1. The summed E-state index contributed by atoms with van der Waals surface area (Å²) in [4.78, 5) is 13.0. The number of methoxy groups -OCH3 is 1. The molecule has 0 radical (unpaired) electrons. The normalized spacial score (nSPS) is 13.1. The molecule has 1 unspecified atom stereocenters. The molecule has 0 amide bonds. The molecular weight excluding hydrogens is 154 g/mol. The zero-order valence-corrected chi connectivity index (χ0v) is 8.46. The van der Waals surface area contributed by atoms with Crippen molar-refractivity contribution in [2.45, 2.75) is 32.2 Å². The number of hydrogen-bond donors (Lipinski definition) is 0. The zero-order chi connectivity index (χ0) is 9.56. The lowest BCUT2D eigenvalue weighted by atomic mass is 10.1. The molecule has 0 fully saturated rings. The highest BCUT2D eigenvalue weighted by molar-refractivity contribution is 5.69. The van der Waals surface area contributed by atoms with Gasteiger partial charge in [-0.25, -0.2) is 0 Å². The van der Waals surface area contributed by atoms with E-state index in [4.69, 9.17) is 0 Å². The molecule has 3 nitrogen and oxygen atoms in total. The van der Waals surface area contributed by atoms with Gasteiger partial charge in [-0.1, -0.05) is 6.92 Å². The molecule has 0 saturated carbocycles. The third kappa shape index (κ3) is 4.34. The summed E-state index contributed by atoms with van der Waals surface area (Å²) < 4.78 is 4.57. The van der Waals surface area contributed by atoms with Crippen molar-refractivity contribution in [1.29, 1.82) is 0 Å². The Morgan fingerprint density at radius 3 is 2.42 bits per heavy atom. The first-order chi connectivity index (χ1) is 5.61. The Bertz CT molecular complexity index is 134. The van der Waals surface area contributed by atoms with Gasteiger partial charge in [-0.3, -0.25) is 4.79 Å².